The maximum atomic E-state index is 12.2. The van der Waals surface area contributed by atoms with Gasteiger partial charge in [0.25, 0.3) is 0 Å². The van der Waals surface area contributed by atoms with E-state index in [0.29, 0.717) is 13.0 Å². The molecule has 3 fully saturated rings. The van der Waals surface area contributed by atoms with Crippen molar-refractivity contribution >= 4 is 11.8 Å². The molecule has 0 aromatic rings. The molecule has 1 atom stereocenters. The van der Waals surface area contributed by atoms with Crippen LogP contribution in [0.25, 0.3) is 0 Å². The zero-order valence-electron chi connectivity index (χ0n) is 12.1. The van der Waals surface area contributed by atoms with Crippen LogP contribution >= 0.6 is 0 Å². The summed E-state index contributed by atoms with van der Waals surface area (Å²) in [6.07, 6.45) is 5.08. The Morgan fingerprint density at radius 2 is 1.95 bits per heavy atom. The summed E-state index contributed by atoms with van der Waals surface area (Å²) in [5.41, 5.74) is 0. The van der Waals surface area contributed by atoms with E-state index in [1.165, 1.54) is 6.42 Å². The fourth-order valence-electron chi connectivity index (χ4n) is 3.83. The number of rotatable bonds is 3. The first-order valence-electron chi connectivity index (χ1n) is 8.00. The van der Waals surface area contributed by atoms with Gasteiger partial charge in [-0.2, -0.15) is 0 Å². The Kier molecular flexibility index (Phi) is 4.24. The number of carbonyl (C=O) groups is 2. The largest absolute Gasteiger partial charge is 0.341 e. The first kappa shape index (κ1) is 13.9. The fourth-order valence-corrected chi connectivity index (χ4v) is 3.83. The molecule has 3 saturated heterocycles. The molecule has 112 valence electrons. The molecular formula is C15H25N3O2. The molecule has 0 saturated carbocycles. The lowest BCUT2D eigenvalue weighted by Gasteiger charge is -2.35. The Morgan fingerprint density at radius 1 is 1.15 bits per heavy atom. The van der Waals surface area contributed by atoms with Gasteiger partial charge in [-0.1, -0.05) is 0 Å². The van der Waals surface area contributed by atoms with E-state index in [0.717, 1.165) is 63.8 Å². The zero-order chi connectivity index (χ0) is 13.9. The Morgan fingerprint density at radius 3 is 2.55 bits per heavy atom. The average Bonchev–Trinajstić information content (AvgIpc) is 3.12. The van der Waals surface area contributed by atoms with E-state index < -0.39 is 0 Å². The molecule has 5 nitrogen and oxygen atoms in total. The van der Waals surface area contributed by atoms with Crippen LogP contribution in [-0.4, -0.2) is 60.9 Å². The molecule has 0 aliphatic carbocycles. The standard InChI is InChI=1S/C15H25N3O2/c19-14-2-1-7-18(14)11-15(20)17-8-4-12(5-9-17)13-3-6-16-10-13/h12-13,16H,1-11H2. The van der Waals surface area contributed by atoms with Gasteiger partial charge < -0.3 is 15.1 Å². The van der Waals surface area contributed by atoms with Crippen LogP contribution in [0.2, 0.25) is 0 Å². The van der Waals surface area contributed by atoms with Crippen LogP contribution in [0.3, 0.4) is 0 Å². The number of piperidine rings is 1. The molecule has 0 aromatic carbocycles. The highest BCUT2D eigenvalue weighted by Crippen LogP contribution is 2.29. The maximum Gasteiger partial charge on any atom is 0.242 e. The summed E-state index contributed by atoms with van der Waals surface area (Å²) in [5, 5.41) is 3.43. The van der Waals surface area contributed by atoms with Crippen molar-refractivity contribution in [2.45, 2.75) is 32.1 Å². The Bertz CT molecular complexity index is 371. The normalized spacial score (nSPS) is 28.4. The lowest BCUT2D eigenvalue weighted by atomic mass is 9.84. The molecule has 3 rings (SSSR count). The Labute approximate surface area is 120 Å². The first-order valence-corrected chi connectivity index (χ1v) is 8.00. The lowest BCUT2D eigenvalue weighted by Crippen LogP contribution is -2.45. The topological polar surface area (TPSA) is 52.7 Å². The van der Waals surface area contributed by atoms with Crippen molar-refractivity contribution in [3.05, 3.63) is 0 Å². The minimum atomic E-state index is 0.142. The third kappa shape index (κ3) is 2.97. The summed E-state index contributed by atoms with van der Waals surface area (Å²) in [5.74, 6) is 1.88. The van der Waals surface area contributed by atoms with Crippen molar-refractivity contribution in [2.24, 2.45) is 11.8 Å². The Hall–Kier alpha value is -1.10. The van der Waals surface area contributed by atoms with Crippen LogP contribution in [0, 0.1) is 11.8 Å². The second-order valence-corrected chi connectivity index (χ2v) is 6.39. The molecule has 3 aliphatic heterocycles. The molecule has 3 heterocycles. The van der Waals surface area contributed by atoms with Crippen molar-refractivity contribution in [1.29, 1.82) is 0 Å². The quantitative estimate of drug-likeness (QED) is 0.816. The predicted molar refractivity (Wildman–Crippen MR) is 76.1 cm³/mol. The van der Waals surface area contributed by atoms with E-state index in [4.69, 9.17) is 0 Å². The van der Waals surface area contributed by atoms with Crippen LogP contribution in [-0.2, 0) is 9.59 Å². The second-order valence-electron chi connectivity index (χ2n) is 6.39. The highest BCUT2D eigenvalue weighted by atomic mass is 16.2. The lowest BCUT2D eigenvalue weighted by molar-refractivity contribution is -0.139. The summed E-state index contributed by atoms with van der Waals surface area (Å²) in [6.45, 7) is 5.12. The van der Waals surface area contributed by atoms with Crippen LogP contribution in [0.1, 0.15) is 32.1 Å². The second kappa shape index (κ2) is 6.12. The van der Waals surface area contributed by atoms with Crippen molar-refractivity contribution in [1.82, 2.24) is 15.1 Å². The summed E-state index contributed by atoms with van der Waals surface area (Å²) in [6, 6.07) is 0. The number of hydrogen-bond acceptors (Lipinski definition) is 3. The monoisotopic (exact) mass is 279 g/mol. The summed E-state index contributed by atoms with van der Waals surface area (Å²) >= 11 is 0. The SMILES string of the molecule is O=C(CN1CCCC1=O)N1CCC(C2CCNC2)CC1. The summed E-state index contributed by atoms with van der Waals surface area (Å²) in [7, 11) is 0. The van der Waals surface area contributed by atoms with E-state index in [2.05, 4.69) is 5.32 Å². The molecular weight excluding hydrogens is 254 g/mol. The van der Waals surface area contributed by atoms with Gasteiger partial charge in [-0.05, 0) is 50.6 Å². The van der Waals surface area contributed by atoms with Crippen LogP contribution in [0.4, 0.5) is 0 Å². The smallest absolute Gasteiger partial charge is 0.242 e. The van der Waals surface area contributed by atoms with Crippen molar-refractivity contribution in [3.63, 3.8) is 0 Å². The Balaban J connectivity index is 1.45. The van der Waals surface area contributed by atoms with Crippen molar-refractivity contribution in [3.8, 4) is 0 Å². The van der Waals surface area contributed by atoms with Gasteiger partial charge in [0.15, 0.2) is 0 Å². The van der Waals surface area contributed by atoms with Crippen molar-refractivity contribution < 1.29 is 9.59 Å². The number of nitrogens with zero attached hydrogens (tertiary/aromatic N) is 2. The van der Waals surface area contributed by atoms with E-state index in [1.54, 1.807) is 4.90 Å². The molecule has 5 heteroatoms. The molecule has 1 N–H and O–H groups in total. The molecule has 0 bridgehead atoms. The highest BCUT2D eigenvalue weighted by Gasteiger charge is 2.31. The molecule has 3 aliphatic rings. The summed E-state index contributed by atoms with van der Waals surface area (Å²) < 4.78 is 0. The van der Waals surface area contributed by atoms with Gasteiger partial charge in [0, 0.05) is 26.1 Å². The predicted octanol–water partition coefficient (Wildman–Crippen LogP) is 0.457. The molecule has 0 spiro atoms. The van der Waals surface area contributed by atoms with E-state index >= 15 is 0 Å². The van der Waals surface area contributed by atoms with Gasteiger partial charge in [-0.25, -0.2) is 0 Å². The van der Waals surface area contributed by atoms with Crippen molar-refractivity contribution in [2.75, 3.05) is 39.3 Å². The third-order valence-corrected chi connectivity index (χ3v) is 5.15. The molecule has 0 radical (unpaired) electrons. The zero-order valence-corrected chi connectivity index (χ0v) is 12.1. The average molecular weight is 279 g/mol. The number of amides is 2. The molecule has 0 aromatic heterocycles. The van der Waals surface area contributed by atoms with E-state index in [-0.39, 0.29) is 11.8 Å². The number of hydrogen-bond donors (Lipinski definition) is 1. The minimum absolute atomic E-state index is 0.142. The van der Waals surface area contributed by atoms with Gasteiger partial charge in [-0.3, -0.25) is 9.59 Å². The molecule has 20 heavy (non-hydrogen) atoms. The fraction of sp³-hybridized carbons (Fsp3) is 0.867. The van der Waals surface area contributed by atoms with Gasteiger partial charge in [0.2, 0.25) is 11.8 Å². The van der Waals surface area contributed by atoms with Crippen LogP contribution in [0.5, 0.6) is 0 Å². The number of carbonyl (C=O) groups excluding carboxylic acids is 2. The maximum absolute atomic E-state index is 12.2. The highest BCUT2D eigenvalue weighted by molar-refractivity contribution is 5.85. The van der Waals surface area contributed by atoms with Gasteiger partial charge in [0.05, 0.1) is 6.54 Å². The minimum Gasteiger partial charge on any atom is -0.341 e. The third-order valence-electron chi connectivity index (χ3n) is 5.15. The van der Waals surface area contributed by atoms with E-state index in [9.17, 15) is 9.59 Å². The summed E-state index contributed by atoms with van der Waals surface area (Å²) in [4.78, 5) is 27.5. The molecule has 2 amide bonds. The number of likely N-dealkylation sites (tertiary alicyclic amines) is 2. The van der Waals surface area contributed by atoms with Gasteiger partial charge >= 0.3 is 0 Å². The van der Waals surface area contributed by atoms with E-state index in [1.807, 2.05) is 4.90 Å². The van der Waals surface area contributed by atoms with Gasteiger partial charge in [0.1, 0.15) is 0 Å². The number of nitrogens with one attached hydrogen (secondary N) is 1. The van der Waals surface area contributed by atoms with Crippen LogP contribution in [0.15, 0.2) is 0 Å². The van der Waals surface area contributed by atoms with Crippen LogP contribution < -0.4 is 5.32 Å². The first-order chi connectivity index (χ1) is 9.74. The molecule has 1 unspecified atom stereocenters. The van der Waals surface area contributed by atoms with Gasteiger partial charge in [-0.15, -0.1) is 0 Å².